The summed E-state index contributed by atoms with van der Waals surface area (Å²) in [5.41, 5.74) is 1.00. The van der Waals surface area contributed by atoms with E-state index < -0.39 is 0 Å². The number of rotatable bonds is 0. The zero-order chi connectivity index (χ0) is 7.84. The van der Waals surface area contributed by atoms with E-state index in [1.54, 1.807) is 0 Å². The molecular formula is C8H12N2O. The Balaban J connectivity index is 2.43. The zero-order valence-electron chi connectivity index (χ0n) is 6.62. The van der Waals surface area contributed by atoms with Gasteiger partial charge in [0.1, 0.15) is 12.1 Å². The van der Waals surface area contributed by atoms with Crippen LogP contribution in [0.4, 0.5) is 0 Å². The van der Waals surface area contributed by atoms with E-state index >= 15 is 0 Å². The molecule has 0 aliphatic carbocycles. The molecule has 0 saturated carbocycles. The predicted octanol–water partition coefficient (Wildman–Crippen LogP) is 1.02. The van der Waals surface area contributed by atoms with E-state index in [1.807, 2.05) is 17.7 Å². The maximum atomic E-state index is 9.50. The van der Waals surface area contributed by atoms with Crippen molar-refractivity contribution in [3.05, 3.63) is 17.7 Å². The molecule has 3 heteroatoms. The largest absolute Gasteiger partial charge is 0.373 e. The molecule has 0 bridgehead atoms. The molecule has 2 heterocycles. The highest BCUT2D eigenvalue weighted by atomic mass is 16.3. The van der Waals surface area contributed by atoms with Crippen LogP contribution in [0.25, 0.3) is 0 Å². The Labute approximate surface area is 65.7 Å². The monoisotopic (exact) mass is 152 g/mol. The maximum Gasteiger partial charge on any atom is 0.131 e. The van der Waals surface area contributed by atoms with E-state index in [9.17, 15) is 5.11 Å². The number of aliphatic hydroxyl groups excluding tert-OH is 1. The van der Waals surface area contributed by atoms with Crippen LogP contribution in [0, 0.1) is 6.92 Å². The second kappa shape index (κ2) is 2.34. The average Bonchev–Trinajstić information content (AvgIpc) is 2.31. The lowest BCUT2D eigenvalue weighted by Gasteiger charge is -2.19. The molecule has 60 valence electrons. The Hall–Kier alpha value is -0.830. The molecule has 1 N–H and O–H groups in total. The minimum Gasteiger partial charge on any atom is -0.373 e. The summed E-state index contributed by atoms with van der Waals surface area (Å²) in [7, 11) is 0. The third-order valence-electron chi connectivity index (χ3n) is 2.11. The van der Waals surface area contributed by atoms with Crippen LogP contribution in [-0.2, 0) is 6.42 Å². The SMILES string of the molecule is Cc1cn2c(n1)CCCC2O. The number of nitrogens with zero attached hydrogens (tertiary/aromatic N) is 2. The molecule has 0 amide bonds. The first-order chi connectivity index (χ1) is 5.27. The van der Waals surface area contributed by atoms with Crippen molar-refractivity contribution in [3.63, 3.8) is 0 Å². The minimum absolute atomic E-state index is 0.333. The fourth-order valence-electron chi connectivity index (χ4n) is 1.59. The van der Waals surface area contributed by atoms with E-state index in [4.69, 9.17) is 0 Å². The molecule has 1 aliphatic heterocycles. The van der Waals surface area contributed by atoms with Crippen LogP contribution in [0.15, 0.2) is 6.20 Å². The molecule has 0 spiro atoms. The van der Waals surface area contributed by atoms with Crippen molar-refractivity contribution in [2.24, 2.45) is 0 Å². The summed E-state index contributed by atoms with van der Waals surface area (Å²) < 4.78 is 1.87. The quantitative estimate of drug-likeness (QED) is 0.602. The number of aliphatic hydroxyl groups is 1. The van der Waals surface area contributed by atoms with Gasteiger partial charge in [0, 0.05) is 12.6 Å². The van der Waals surface area contributed by atoms with Gasteiger partial charge in [0.25, 0.3) is 0 Å². The second-order valence-electron chi connectivity index (χ2n) is 3.08. The molecule has 0 fully saturated rings. The molecule has 1 aromatic rings. The van der Waals surface area contributed by atoms with E-state index in [2.05, 4.69) is 4.98 Å². The molecule has 2 rings (SSSR count). The van der Waals surface area contributed by atoms with Crippen LogP contribution < -0.4 is 0 Å². The van der Waals surface area contributed by atoms with Gasteiger partial charge in [0.15, 0.2) is 0 Å². The van der Waals surface area contributed by atoms with Gasteiger partial charge >= 0.3 is 0 Å². The lowest BCUT2D eigenvalue weighted by molar-refractivity contribution is 0.0780. The number of aryl methyl sites for hydroxylation is 2. The van der Waals surface area contributed by atoms with Crippen LogP contribution in [0.3, 0.4) is 0 Å². The van der Waals surface area contributed by atoms with Crippen molar-refractivity contribution in [1.29, 1.82) is 0 Å². The zero-order valence-corrected chi connectivity index (χ0v) is 6.62. The normalized spacial score (nSPS) is 23.3. The molecule has 1 aliphatic rings. The summed E-state index contributed by atoms with van der Waals surface area (Å²) in [6, 6.07) is 0. The lowest BCUT2D eigenvalue weighted by atomic mass is 10.1. The van der Waals surface area contributed by atoms with Crippen molar-refractivity contribution in [1.82, 2.24) is 9.55 Å². The van der Waals surface area contributed by atoms with Crippen molar-refractivity contribution < 1.29 is 5.11 Å². The second-order valence-corrected chi connectivity index (χ2v) is 3.08. The Morgan fingerprint density at radius 1 is 1.73 bits per heavy atom. The van der Waals surface area contributed by atoms with Crippen molar-refractivity contribution in [2.45, 2.75) is 32.4 Å². The van der Waals surface area contributed by atoms with Gasteiger partial charge in [-0.15, -0.1) is 0 Å². The summed E-state index contributed by atoms with van der Waals surface area (Å²) in [6.45, 7) is 1.96. The van der Waals surface area contributed by atoms with Gasteiger partial charge in [-0.25, -0.2) is 4.98 Å². The van der Waals surface area contributed by atoms with Gasteiger partial charge < -0.3 is 9.67 Å². The Morgan fingerprint density at radius 2 is 2.55 bits per heavy atom. The first kappa shape index (κ1) is 6.85. The fraction of sp³-hybridized carbons (Fsp3) is 0.625. The Bertz CT molecular complexity index is 267. The summed E-state index contributed by atoms with van der Waals surface area (Å²) >= 11 is 0. The van der Waals surface area contributed by atoms with Gasteiger partial charge in [-0.2, -0.15) is 0 Å². The maximum absolute atomic E-state index is 9.50. The molecular weight excluding hydrogens is 140 g/mol. The molecule has 1 atom stereocenters. The third kappa shape index (κ3) is 1.05. The standard InChI is InChI=1S/C8H12N2O/c1-6-5-10-7(9-6)3-2-4-8(10)11/h5,8,11H,2-4H2,1H3. The molecule has 1 unspecified atom stereocenters. The molecule has 0 aromatic carbocycles. The highest BCUT2D eigenvalue weighted by Gasteiger charge is 2.17. The summed E-state index contributed by atoms with van der Waals surface area (Å²) in [5.74, 6) is 1.03. The molecule has 0 radical (unpaired) electrons. The van der Waals surface area contributed by atoms with Gasteiger partial charge in [-0.3, -0.25) is 0 Å². The fourth-order valence-corrected chi connectivity index (χ4v) is 1.59. The van der Waals surface area contributed by atoms with Crippen molar-refractivity contribution in [3.8, 4) is 0 Å². The Kier molecular flexibility index (Phi) is 1.46. The van der Waals surface area contributed by atoms with Gasteiger partial charge in [-0.05, 0) is 19.8 Å². The highest BCUT2D eigenvalue weighted by Crippen LogP contribution is 2.21. The highest BCUT2D eigenvalue weighted by molar-refractivity contribution is 5.04. The van der Waals surface area contributed by atoms with Crippen LogP contribution in [0.1, 0.15) is 30.6 Å². The number of hydrogen-bond donors (Lipinski definition) is 1. The van der Waals surface area contributed by atoms with E-state index in [-0.39, 0.29) is 6.23 Å². The van der Waals surface area contributed by atoms with E-state index in [0.29, 0.717) is 0 Å². The van der Waals surface area contributed by atoms with Gasteiger partial charge in [-0.1, -0.05) is 0 Å². The van der Waals surface area contributed by atoms with Gasteiger partial charge in [0.05, 0.1) is 5.69 Å². The Morgan fingerprint density at radius 3 is 3.27 bits per heavy atom. The number of imidazole rings is 1. The molecule has 0 saturated heterocycles. The number of hydrogen-bond acceptors (Lipinski definition) is 2. The summed E-state index contributed by atoms with van der Waals surface area (Å²) in [4.78, 5) is 4.30. The van der Waals surface area contributed by atoms with Crippen molar-refractivity contribution >= 4 is 0 Å². The minimum atomic E-state index is -0.333. The summed E-state index contributed by atoms with van der Waals surface area (Å²) in [6.07, 6.45) is 4.50. The molecule has 3 nitrogen and oxygen atoms in total. The summed E-state index contributed by atoms with van der Waals surface area (Å²) in [5, 5.41) is 9.50. The van der Waals surface area contributed by atoms with E-state index in [1.165, 1.54) is 0 Å². The van der Waals surface area contributed by atoms with Gasteiger partial charge in [0.2, 0.25) is 0 Å². The van der Waals surface area contributed by atoms with Crippen LogP contribution in [-0.4, -0.2) is 14.7 Å². The van der Waals surface area contributed by atoms with Crippen LogP contribution in [0.2, 0.25) is 0 Å². The molecule has 11 heavy (non-hydrogen) atoms. The number of fused-ring (bicyclic) bond motifs is 1. The predicted molar refractivity (Wildman–Crippen MR) is 41.2 cm³/mol. The lowest BCUT2D eigenvalue weighted by Crippen LogP contribution is -2.16. The van der Waals surface area contributed by atoms with E-state index in [0.717, 1.165) is 30.8 Å². The van der Waals surface area contributed by atoms with Crippen molar-refractivity contribution in [2.75, 3.05) is 0 Å². The third-order valence-corrected chi connectivity index (χ3v) is 2.11. The first-order valence-electron chi connectivity index (χ1n) is 4.00. The topological polar surface area (TPSA) is 38.0 Å². The average molecular weight is 152 g/mol. The number of aromatic nitrogens is 2. The first-order valence-corrected chi connectivity index (χ1v) is 4.00. The van der Waals surface area contributed by atoms with Crippen LogP contribution >= 0.6 is 0 Å². The van der Waals surface area contributed by atoms with Crippen LogP contribution in [0.5, 0.6) is 0 Å². The molecule has 1 aromatic heterocycles. The smallest absolute Gasteiger partial charge is 0.131 e.